The van der Waals surface area contributed by atoms with E-state index < -0.39 is 0 Å². The number of benzene rings is 1. The van der Waals surface area contributed by atoms with Crippen molar-refractivity contribution < 1.29 is 9.21 Å². The Hall–Kier alpha value is -3.02. The number of aromatic nitrogens is 3. The zero-order valence-corrected chi connectivity index (χ0v) is 14.8. The summed E-state index contributed by atoms with van der Waals surface area (Å²) in [6.45, 7) is 4.21. The minimum atomic E-state index is -0.291. The highest BCUT2D eigenvalue weighted by molar-refractivity contribution is 5.83. The molecule has 132 valence electrons. The molecule has 1 aliphatic rings. The van der Waals surface area contributed by atoms with Crippen molar-refractivity contribution in [3.8, 4) is 0 Å². The molecule has 1 aromatic carbocycles. The van der Waals surface area contributed by atoms with E-state index in [-0.39, 0.29) is 17.9 Å². The lowest BCUT2D eigenvalue weighted by Crippen LogP contribution is -2.41. The third-order valence-corrected chi connectivity index (χ3v) is 4.91. The average molecular weight is 348 g/mol. The fourth-order valence-corrected chi connectivity index (χ4v) is 3.45. The summed E-state index contributed by atoms with van der Waals surface area (Å²) in [7, 11) is 0. The molecule has 0 aliphatic carbocycles. The van der Waals surface area contributed by atoms with Gasteiger partial charge in [-0.2, -0.15) is 0 Å². The summed E-state index contributed by atoms with van der Waals surface area (Å²) in [5, 5.41) is 8.13. The highest BCUT2D eigenvalue weighted by Crippen LogP contribution is 2.35. The first-order chi connectivity index (χ1) is 12.6. The second-order valence-corrected chi connectivity index (χ2v) is 6.62. The van der Waals surface area contributed by atoms with Gasteiger partial charge in [0, 0.05) is 32.3 Å². The van der Waals surface area contributed by atoms with Crippen molar-refractivity contribution in [2.75, 3.05) is 0 Å². The van der Waals surface area contributed by atoms with Crippen LogP contribution in [0, 0.1) is 6.92 Å². The Labute approximate surface area is 151 Å². The number of carbonyl (C=O) groups is 1. The molecule has 0 bridgehead atoms. The monoisotopic (exact) mass is 348 g/mol. The lowest BCUT2D eigenvalue weighted by molar-refractivity contribution is -0.136. The van der Waals surface area contributed by atoms with E-state index in [1.54, 1.807) is 19.3 Å². The number of amides is 1. The molecule has 0 N–H and O–H groups in total. The molecule has 1 aliphatic heterocycles. The zero-order valence-electron chi connectivity index (χ0n) is 14.8. The van der Waals surface area contributed by atoms with E-state index in [0.29, 0.717) is 24.7 Å². The maximum Gasteiger partial charge on any atom is 0.239 e. The Morgan fingerprint density at radius 1 is 1.19 bits per heavy atom. The van der Waals surface area contributed by atoms with Crippen LogP contribution in [0.4, 0.5) is 0 Å². The van der Waals surface area contributed by atoms with Crippen molar-refractivity contribution in [1.82, 2.24) is 20.1 Å². The molecule has 3 heterocycles. The summed E-state index contributed by atoms with van der Waals surface area (Å²) < 4.78 is 5.68. The molecule has 0 saturated heterocycles. The first-order valence-electron chi connectivity index (χ1n) is 8.70. The van der Waals surface area contributed by atoms with Crippen LogP contribution in [-0.4, -0.2) is 26.0 Å². The van der Waals surface area contributed by atoms with Gasteiger partial charge in [-0.3, -0.25) is 9.78 Å². The molecule has 1 amide bonds. The van der Waals surface area contributed by atoms with Crippen LogP contribution in [0.1, 0.15) is 47.4 Å². The minimum absolute atomic E-state index is 0.0355. The van der Waals surface area contributed by atoms with Crippen molar-refractivity contribution in [2.24, 2.45) is 0 Å². The van der Waals surface area contributed by atoms with E-state index in [0.717, 1.165) is 11.1 Å². The van der Waals surface area contributed by atoms with E-state index in [4.69, 9.17) is 4.42 Å². The Morgan fingerprint density at radius 2 is 2.00 bits per heavy atom. The van der Waals surface area contributed by atoms with Gasteiger partial charge in [0.2, 0.25) is 17.7 Å². The van der Waals surface area contributed by atoms with E-state index >= 15 is 0 Å². The number of hydrogen-bond acceptors (Lipinski definition) is 5. The van der Waals surface area contributed by atoms with Crippen LogP contribution in [0.3, 0.4) is 0 Å². The molecule has 2 unspecified atom stereocenters. The Morgan fingerprint density at radius 3 is 2.69 bits per heavy atom. The fourth-order valence-electron chi connectivity index (χ4n) is 3.45. The van der Waals surface area contributed by atoms with Crippen LogP contribution in [0.25, 0.3) is 0 Å². The van der Waals surface area contributed by atoms with E-state index in [1.807, 2.05) is 36.1 Å². The predicted molar refractivity (Wildman–Crippen MR) is 95.1 cm³/mol. The maximum atomic E-state index is 13.3. The topological polar surface area (TPSA) is 72.1 Å². The van der Waals surface area contributed by atoms with Crippen molar-refractivity contribution in [3.05, 3.63) is 77.3 Å². The normalized spacial score (nSPS) is 17.6. The zero-order chi connectivity index (χ0) is 18.1. The number of rotatable bonds is 3. The summed E-state index contributed by atoms with van der Waals surface area (Å²) in [6, 6.07) is 11.7. The maximum absolute atomic E-state index is 13.3. The molecule has 4 rings (SSSR count). The van der Waals surface area contributed by atoms with Crippen LogP contribution >= 0.6 is 0 Å². The third kappa shape index (κ3) is 2.98. The largest absolute Gasteiger partial charge is 0.423 e. The molecule has 0 saturated carbocycles. The third-order valence-electron chi connectivity index (χ3n) is 4.91. The summed E-state index contributed by atoms with van der Waals surface area (Å²) in [6.07, 6.45) is 4.12. The molecule has 2 aromatic heterocycles. The van der Waals surface area contributed by atoms with Gasteiger partial charge in [-0.05, 0) is 29.7 Å². The Kier molecular flexibility index (Phi) is 4.24. The lowest BCUT2D eigenvalue weighted by Gasteiger charge is -2.36. The summed E-state index contributed by atoms with van der Waals surface area (Å²) in [4.78, 5) is 19.3. The highest BCUT2D eigenvalue weighted by atomic mass is 16.4. The number of fused-ring (bicyclic) bond motifs is 1. The first-order valence-corrected chi connectivity index (χ1v) is 8.70. The number of aryl methyl sites for hydroxylation is 1. The van der Waals surface area contributed by atoms with Gasteiger partial charge in [0.1, 0.15) is 6.04 Å². The minimum Gasteiger partial charge on any atom is -0.423 e. The van der Waals surface area contributed by atoms with Crippen molar-refractivity contribution in [3.63, 3.8) is 0 Å². The summed E-state index contributed by atoms with van der Waals surface area (Å²) in [5.74, 6) is 0.740. The van der Waals surface area contributed by atoms with E-state index in [1.165, 1.54) is 5.56 Å². The second kappa shape index (κ2) is 6.71. The van der Waals surface area contributed by atoms with Crippen LogP contribution in [-0.2, 0) is 17.8 Å². The summed E-state index contributed by atoms with van der Waals surface area (Å²) >= 11 is 0. The molecule has 0 spiro atoms. The van der Waals surface area contributed by atoms with Gasteiger partial charge in [-0.15, -0.1) is 10.2 Å². The molecular formula is C20H20N4O2. The molecule has 0 radical (unpaired) electrons. The van der Waals surface area contributed by atoms with Crippen molar-refractivity contribution in [1.29, 1.82) is 0 Å². The number of nitrogens with zero attached hydrogens (tertiary/aromatic N) is 4. The van der Waals surface area contributed by atoms with E-state index in [9.17, 15) is 4.79 Å². The standard InChI is InChI=1S/C20H20N4O2/c1-13(16-8-5-9-21-11-16)20(25)24-12-17-7-4-3-6-15(17)10-18(24)19-23-22-14(2)26-19/h3-9,11,13,18H,10,12H2,1-2H3. The van der Waals surface area contributed by atoms with Crippen LogP contribution in [0.5, 0.6) is 0 Å². The van der Waals surface area contributed by atoms with Gasteiger partial charge < -0.3 is 9.32 Å². The molecular weight excluding hydrogens is 328 g/mol. The molecule has 0 fully saturated rings. The van der Waals surface area contributed by atoms with Crippen LogP contribution < -0.4 is 0 Å². The van der Waals surface area contributed by atoms with E-state index in [2.05, 4.69) is 27.3 Å². The van der Waals surface area contributed by atoms with Crippen molar-refractivity contribution >= 4 is 5.91 Å². The summed E-state index contributed by atoms with van der Waals surface area (Å²) in [5.41, 5.74) is 3.27. The van der Waals surface area contributed by atoms with Gasteiger partial charge in [-0.25, -0.2) is 0 Å². The smallest absolute Gasteiger partial charge is 0.239 e. The highest BCUT2D eigenvalue weighted by Gasteiger charge is 2.36. The Balaban J connectivity index is 1.70. The van der Waals surface area contributed by atoms with Crippen LogP contribution in [0.15, 0.2) is 53.2 Å². The molecule has 26 heavy (non-hydrogen) atoms. The van der Waals surface area contributed by atoms with Gasteiger partial charge in [0.05, 0.1) is 5.92 Å². The second-order valence-electron chi connectivity index (χ2n) is 6.62. The quantitative estimate of drug-likeness (QED) is 0.727. The van der Waals surface area contributed by atoms with Gasteiger partial charge in [0.25, 0.3) is 0 Å². The van der Waals surface area contributed by atoms with Crippen LogP contribution in [0.2, 0.25) is 0 Å². The SMILES string of the molecule is Cc1nnc(C2Cc3ccccc3CN2C(=O)C(C)c2cccnc2)o1. The predicted octanol–water partition coefficient (Wildman–Crippen LogP) is 3.20. The van der Waals surface area contributed by atoms with Gasteiger partial charge in [0.15, 0.2) is 0 Å². The number of hydrogen-bond donors (Lipinski definition) is 0. The number of carbonyl (C=O) groups excluding carboxylic acids is 1. The average Bonchev–Trinajstić information content (AvgIpc) is 3.12. The molecule has 6 nitrogen and oxygen atoms in total. The van der Waals surface area contributed by atoms with Gasteiger partial charge in [-0.1, -0.05) is 30.3 Å². The molecule has 6 heteroatoms. The van der Waals surface area contributed by atoms with Gasteiger partial charge >= 0.3 is 0 Å². The first kappa shape index (κ1) is 16.4. The molecule has 2 atom stereocenters. The molecule has 3 aromatic rings. The van der Waals surface area contributed by atoms with Crippen molar-refractivity contribution in [2.45, 2.75) is 38.8 Å². The fraction of sp³-hybridized carbons (Fsp3) is 0.300. The lowest BCUT2D eigenvalue weighted by atomic mass is 9.91. The Bertz CT molecular complexity index is 922. The number of pyridine rings is 1.